The molecular formula is C12H11BrF2N2S. The average molecular weight is 333 g/mol. The van der Waals surface area contributed by atoms with Crippen LogP contribution in [-0.2, 0) is 0 Å². The van der Waals surface area contributed by atoms with Crippen LogP contribution in [-0.4, -0.2) is 0 Å². The number of benzene rings is 1. The van der Waals surface area contributed by atoms with Crippen LogP contribution in [0.4, 0.5) is 8.78 Å². The quantitative estimate of drug-likeness (QED) is 0.665. The summed E-state index contributed by atoms with van der Waals surface area (Å²) in [4.78, 5) is 0. The summed E-state index contributed by atoms with van der Waals surface area (Å²) in [7, 11) is 0. The SMILES string of the molecule is Cc1ccc(F)c(C(NN)c2csc(Br)c2)c1F. The molecule has 0 aliphatic heterocycles. The van der Waals surface area contributed by atoms with Crippen molar-refractivity contribution in [1.29, 1.82) is 0 Å². The molecule has 3 N–H and O–H groups in total. The summed E-state index contributed by atoms with van der Waals surface area (Å²) in [5.41, 5.74) is 3.52. The Labute approximate surface area is 116 Å². The van der Waals surface area contributed by atoms with E-state index in [-0.39, 0.29) is 5.56 Å². The highest BCUT2D eigenvalue weighted by Crippen LogP contribution is 2.32. The van der Waals surface area contributed by atoms with Gasteiger partial charge >= 0.3 is 0 Å². The Morgan fingerprint density at radius 2 is 2.11 bits per heavy atom. The molecule has 0 spiro atoms. The highest BCUT2D eigenvalue weighted by Gasteiger charge is 2.23. The fourth-order valence-corrected chi connectivity index (χ4v) is 2.97. The molecule has 6 heteroatoms. The second-order valence-corrected chi connectivity index (χ2v) is 6.17. The van der Waals surface area contributed by atoms with Crippen molar-refractivity contribution in [2.75, 3.05) is 0 Å². The minimum atomic E-state index is -0.701. The van der Waals surface area contributed by atoms with E-state index in [1.807, 2.05) is 0 Å². The van der Waals surface area contributed by atoms with Gasteiger partial charge in [0.15, 0.2) is 0 Å². The summed E-state index contributed by atoms with van der Waals surface area (Å²) in [6, 6.07) is 3.74. The summed E-state index contributed by atoms with van der Waals surface area (Å²) in [5, 5.41) is 1.80. The molecule has 2 nitrogen and oxygen atoms in total. The second kappa shape index (κ2) is 5.44. The van der Waals surface area contributed by atoms with Crippen molar-refractivity contribution >= 4 is 27.3 Å². The van der Waals surface area contributed by atoms with Gasteiger partial charge in [0.05, 0.1) is 9.83 Å². The van der Waals surface area contributed by atoms with Gasteiger partial charge < -0.3 is 0 Å². The molecule has 0 fully saturated rings. The zero-order chi connectivity index (χ0) is 13.3. The molecule has 1 aromatic heterocycles. The lowest BCUT2D eigenvalue weighted by Gasteiger charge is -2.17. The maximum absolute atomic E-state index is 14.0. The molecule has 2 aromatic rings. The van der Waals surface area contributed by atoms with Crippen LogP contribution in [0.3, 0.4) is 0 Å². The molecule has 1 aromatic carbocycles. The van der Waals surface area contributed by atoms with Crippen LogP contribution in [0, 0.1) is 18.6 Å². The van der Waals surface area contributed by atoms with E-state index in [2.05, 4.69) is 21.4 Å². The summed E-state index contributed by atoms with van der Waals surface area (Å²) in [5.74, 6) is 4.26. The minimum absolute atomic E-state index is 0.0530. The van der Waals surface area contributed by atoms with Gasteiger partial charge in [-0.25, -0.2) is 14.2 Å². The predicted molar refractivity (Wildman–Crippen MR) is 72.3 cm³/mol. The Balaban J connectivity index is 2.55. The van der Waals surface area contributed by atoms with E-state index >= 15 is 0 Å². The number of nitrogens with two attached hydrogens (primary N) is 1. The van der Waals surface area contributed by atoms with Crippen LogP contribution < -0.4 is 11.3 Å². The van der Waals surface area contributed by atoms with Gasteiger partial charge in [0, 0.05) is 5.56 Å². The maximum atomic E-state index is 14.0. The Hall–Kier alpha value is -0.820. The fourth-order valence-electron chi connectivity index (χ4n) is 1.76. The number of thiophene rings is 1. The third-order valence-corrected chi connectivity index (χ3v) is 4.22. The third-order valence-electron chi connectivity index (χ3n) is 2.70. The Bertz CT molecular complexity index is 571. The fraction of sp³-hybridized carbons (Fsp3) is 0.167. The molecule has 0 saturated carbocycles. The molecule has 0 aliphatic rings. The number of hydrogen-bond donors (Lipinski definition) is 2. The topological polar surface area (TPSA) is 38.0 Å². The number of aryl methyl sites for hydroxylation is 1. The van der Waals surface area contributed by atoms with Gasteiger partial charge in [0.2, 0.25) is 0 Å². The monoisotopic (exact) mass is 332 g/mol. The van der Waals surface area contributed by atoms with E-state index < -0.39 is 17.7 Å². The smallest absolute Gasteiger partial charge is 0.134 e. The third kappa shape index (κ3) is 2.47. The van der Waals surface area contributed by atoms with Crippen molar-refractivity contribution in [2.45, 2.75) is 13.0 Å². The zero-order valence-corrected chi connectivity index (χ0v) is 11.9. The summed E-state index contributed by atoms with van der Waals surface area (Å²) in [6.45, 7) is 1.59. The van der Waals surface area contributed by atoms with Crippen molar-refractivity contribution in [3.8, 4) is 0 Å². The lowest BCUT2D eigenvalue weighted by Crippen LogP contribution is -2.30. The number of halogens is 3. The van der Waals surface area contributed by atoms with Gasteiger partial charge in [0.1, 0.15) is 11.6 Å². The van der Waals surface area contributed by atoms with Crippen molar-refractivity contribution in [3.63, 3.8) is 0 Å². The largest absolute Gasteiger partial charge is 0.271 e. The van der Waals surface area contributed by atoms with E-state index in [0.29, 0.717) is 5.56 Å². The lowest BCUT2D eigenvalue weighted by atomic mass is 9.98. The molecular weight excluding hydrogens is 322 g/mol. The first-order chi connectivity index (χ1) is 8.54. The standard InChI is InChI=1S/C12H11BrF2N2S/c1-6-2-3-8(14)10(11(6)15)12(17-16)7-4-9(13)18-5-7/h2-5,12,17H,16H2,1H3. The molecule has 0 saturated heterocycles. The first-order valence-electron chi connectivity index (χ1n) is 5.19. The Morgan fingerprint density at radius 1 is 1.39 bits per heavy atom. The summed E-state index contributed by atoms with van der Waals surface area (Å²) >= 11 is 4.75. The van der Waals surface area contributed by atoms with Crippen molar-refractivity contribution in [3.05, 3.63) is 55.7 Å². The first kappa shape index (κ1) is 13.6. The van der Waals surface area contributed by atoms with Gasteiger partial charge in [-0.1, -0.05) is 6.07 Å². The lowest BCUT2D eigenvalue weighted by molar-refractivity contribution is 0.507. The van der Waals surface area contributed by atoms with Gasteiger partial charge in [-0.05, 0) is 51.5 Å². The summed E-state index contributed by atoms with van der Waals surface area (Å²) in [6.07, 6.45) is 0. The zero-order valence-electron chi connectivity index (χ0n) is 9.51. The van der Waals surface area contributed by atoms with E-state index in [1.54, 1.807) is 18.4 Å². The van der Waals surface area contributed by atoms with E-state index in [1.165, 1.54) is 23.5 Å². The predicted octanol–water partition coefficient (Wildman–Crippen LogP) is 3.65. The average Bonchev–Trinajstić information content (AvgIpc) is 2.76. The van der Waals surface area contributed by atoms with Crippen molar-refractivity contribution < 1.29 is 8.78 Å². The second-order valence-electron chi connectivity index (χ2n) is 3.88. The van der Waals surface area contributed by atoms with E-state index in [0.717, 1.165) is 9.35 Å². The number of hydrogen-bond acceptors (Lipinski definition) is 3. The minimum Gasteiger partial charge on any atom is -0.271 e. The molecule has 2 rings (SSSR count). The molecule has 1 atom stereocenters. The van der Waals surface area contributed by atoms with Crippen LogP contribution in [0.1, 0.15) is 22.7 Å². The van der Waals surface area contributed by atoms with Crippen molar-refractivity contribution in [2.24, 2.45) is 5.84 Å². The van der Waals surface area contributed by atoms with Gasteiger partial charge in [-0.2, -0.15) is 0 Å². The van der Waals surface area contributed by atoms with E-state index in [4.69, 9.17) is 5.84 Å². The highest BCUT2D eigenvalue weighted by molar-refractivity contribution is 9.11. The normalized spacial score (nSPS) is 12.7. The van der Waals surface area contributed by atoms with Gasteiger partial charge in [-0.3, -0.25) is 5.84 Å². The molecule has 1 unspecified atom stereocenters. The van der Waals surface area contributed by atoms with Crippen LogP contribution in [0.2, 0.25) is 0 Å². The molecule has 0 aliphatic carbocycles. The molecule has 1 heterocycles. The van der Waals surface area contributed by atoms with Gasteiger partial charge in [-0.15, -0.1) is 11.3 Å². The summed E-state index contributed by atoms with van der Waals surface area (Å²) < 4.78 is 28.7. The van der Waals surface area contributed by atoms with Crippen LogP contribution in [0.25, 0.3) is 0 Å². The highest BCUT2D eigenvalue weighted by atomic mass is 79.9. The molecule has 18 heavy (non-hydrogen) atoms. The van der Waals surface area contributed by atoms with Crippen molar-refractivity contribution in [1.82, 2.24) is 5.43 Å². The first-order valence-corrected chi connectivity index (χ1v) is 6.86. The Morgan fingerprint density at radius 3 is 2.67 bits per heavy atom. The molecule has 96 valence electrons. The molecule has 0 amide bonds. The number of rotatable bonds is 3. The van der Waals surface area contributed by atoms with Gasteiger partial charge in [0.25, 0.3) is 0 Å². The molecule has 0 bridgehead atoms. The van der Waals surface area contributed by atoms with E-state index in [9.17, 15) is 8.78 Å². The van der Waals surface area contributed by atoms with Crippen LogP contribution in [0.5, 0.6) is 0 Å². The number of hydrazine groups is 1. The Kier molecular flexibility index (Phi) is 4.11. The maximum Gasteiger partial charge on any atom is 0.134 e. The molecule has 0 radical (unpaired) electrons. The van der Waals surface area contributed by atoms with Crippen LogP contribution in [0.15, 0.2) is 27.4 Å². The van der Waals surface area contributed by atoms with Crippen LogP contribution >= 0.6 is 27.3 Å². The number of nitrogens with one attached hydrogen (secondary N) is 1.